The maximum absolute atomic E-state index is 5.91. The van der Waals surface area contributed by atoms with Gasteiger partial charge in [0.2, 0.25) is 0 Å². The van der Waals surface area contributed by atoms with Gasteiger partial charge in [-0.25, -0.2) is 0 Å². The lowest BCUT2D eigenvalue weighted by Crippen LogP contribution is -2.02. The highest BCUT2D eigenvalue weighted by Gasteiger charge is 2.14. The van der Waals surface area contributed by atoms with E-state index in [1.165, 1.54) is 33.4 Å². The lowest BCUT2D eigenvalue weighted by Gasteiger charge is -2.18. The van der Waals surface area contributed by atoms with Crippen LogP contribution in [-0.2, 0) is 12.8 Å². The molecule has 2 unspecified atom stereocenters. The van der Waals surface area contributed by atoms with Crippen LogP contribution in [0.3, 0.4) is 0 Å². The van der Waals surface area contributed by atoms with Gasteiger partial charge in [-0.15, -0.1) is 0 Å². The number of aryl methyl sites for hydroxylation is 2. The molecule has 0 spiro atoms. The molecule has 37 heavy (non-hydrogen) atoms. The number of hydrogen-bond donors (Lipinski definition) is 2. The van der Waals surface area contributed by atoms with E-state index in [0.717, 1.165) is 56.3 Å². The number of nitrogen functional groups attached to an aromatic ring is 2. The highest BCUT2D eigenvalue weighted by Crippen LogP contribution is 2.31. The van der Waals surface area contributed by atoms with Crippen molar-refractivity contribution in [3.63, 3.8) is 0 Å². The summed E-state index contributed by atoms with van der Waals surface area (Å²) in [5.74, 6) is 0.867. The quantitative estimate of drug-likeness (QED) is 0.195. The lowest BCUT2D eigenvalue weighted by molar-refractivity contribution is 0.697. The molecule has 0 bridgehead atoms. The highest BCUT2D eigenvalue weighted by atomic mass is 14.5. The summed E-state index contributed by atoms with van der Waals surface area (Å²) in [5, 5.41) is 0. The molecule has 192 valence electrons. The van der Waals surface area contributed by atoms with Crippen molar-refractivity contribution in [2.75, 3.05) is 11.5 Å². The number of hydrogen-bond acceptors (Lipinski definition) is 2. The fraction of sp³-hybridized carbons (Fsp3) is 0.314. The molecule has 0 heterocycles. The van der Waals surface area contributed by atoms with Crippen molar-refractivity contribution in [3.05, 3.63) is 130 Å². The Balaban J connectivity index is 1.34. The van der Waals surface area contributed by atoms with Crippen LogP contribution in [0, 0.1) is 0 Å². The minimum absolute atomic E-state index is 0.433. The molecule has 0 amide bonds. The maximum atomic E-state index is 5.91. The van der Waals surface area contributed by atoms with Gasteiger partial charge in [-0.2, -0.15) is 0 Å². The number of anilines is 2. The van der Waals surface area contributed by atoms with Crippen LogP contribution in [0.15, 0.2) is 97.1 Å². The van der Waals surface area contributed by atoms with Crippen molar-refractivity contribution in [2.45, 2.75) is 70.6 Å². The average molecular weight is 491 g/mol. The Morgan fingerprint density at radius 2 is 0.757 bits per heavy atom. The summed E-state index contributed by atoms with van der Waals surface area (Å²) in [4.78, 5) is 0. The zero-order valence-electron chi connectivity index (χ0n) is 22.5. The Kier molecular flexibility index (Phi) is 9.43. The Labute approximate surface area is 223 Å². The van der Waals surface area contributed by atoms with Crippen molar-refractivity contribution in [3.8, 4) is 0 Å². The molecular weight excluding hydrogens is 448 g/mol. The molecule has 0 aliphatic heterocycles. The van der Waals surface area contributed by atoms with Crippen LogP contribution < -0.4 is 11.5 Å². The Morgan fingerprint density at radius 3 is 1.05 bits per heavy atom. The Morgan fingerprint density at radius 1 is 0.459 bits per heavy atom. The zero-order chi connectivity index (χ0) is 26.0. The van der Waals surface area contributed by atoms with E-state index < -0.39 is 0 Å². The van der Waals surface area contributed by atoms with Crippen LogP contribution in [0.25, 0.3) is 0 Å². The van der Waals surface area contributed by atoms with Crippen molar-refractivity contribution in [1.29, 1.82) is 0 Å². The van der Waals surface area contributed by atoms with Gasteiger partial charge in [0.1, 0.15) is 0 Å². The molecule has 0 saturated carbocycles. The molecule has 4 N–H and O–H groups in total. The molecule has 2 heteroatoms. The van der Waals surface area contributed by atoms with E-state index in [2.05, 4.69) is 86.6 Å². The fourth-order valence-corrected chi connectivity index (χ4v) is 5.42. The smallest absolute Gasteiger partial charge is 0.0314 e. The van der Waals surface area contributed by atoms with E-state index in [1.54, 1.807) is 0 Å². The third-order valence-electron chi connectivity index (χ3n) is 7.53. The largest absolute Gasteiger partial charge is 0.399 e. The van der Waals surface area contributed by atoms with Crippen molar-refractivity contribution < 1.29 is 0 Å². The van der Waals surface area contributed by atoms with Crippen molar-refractivity contribution in [1.82, 2.24) is 0 Å². The molecule has 4 aromatic rings. The number of nitrogens with two attached hydrogens (primary N) is 2. The van der Waals surface area contributed by atoms with Crippen LogP contribution in [0.4, 0.5) is 11.4 Å². The van der Waals surface area contributed by atoms with Gasteiger partial charge >= 0.3 is 0 Å². The molecule has 0 aliphatic rings. The minimum Gasteiger partial charge on any atom is -0.399 e. The molecule has 0 aliphatic carbocycles. The average Bonchev–Trinajstić information content (AvgIpc) is 2.93. The summed E-state index contributed by atoms with van der Waals surface area (Å²) in [6.07, 6.45) is 7.99. The van der Waals surface area contributed by atoms with E-state index in [0.29, 0.717) is 11.8 Å². The van der Waals surface area contributed by atoms with Gasteiger partial charge in [0.25, 0.3) is 0 Å². The third kappa shape index (κ3) is 7.26. The standard InChI is InChI=1S/C35H42N2/c1-3-6-34(30-18-22-32(36)23-19-30)28-14-10-26(11-15-28)8-5-9-27-12-16-29(17-13-27)35(7-4-2)31-20-24-33(37)25-21-31/h10-25,34-35H,3-9,36-37H2,1-2H3. The van der Waals surface area contributed by atoms with Gasteiger partial charge in [0, 0.05) is 23.2 Å². The number of rotatable bonds is 12. The molecule has 2 atom stereocenters. The first-order chi connectivity index (χ1) is 18.1. The summed E-state index contributed by atoms with van der Waals surface area (Å²) in [6, 6.07) is 35.3. The maximum Gasteiger partial charge on any atom is 0.0314 e. The molecule has 0 fully saturated rings. The predicted molar refractivity (Wildman–Crippen MR) is 160 cm³/mol. The monoisotopic (exact) mass is 490 g/mol. The van der Waals surface area contributed by atoms with Gasteiger partial charge in [-0.05, 0) is 89.8 Å². The van der Waals surface area contributed by atoms with Crippen LogP contribution in [0.1, 0.15) is 91.2 Å². The molecule has 0 saturated heterocycles. The van der Waals surface area contributed by atoms with Crippen molar-refractivity contribution >= 4 is 11.4 Å². The molecule has 4 rings (SSSR count). The highest BCUT2D eigenvalue weighted by molar-refractivity contribution is 5.44. The normalized spacial score (nSPS) is 12.8. The van der Waals surface area contributed by atoms with E-state index in [9.17, 15) is 0 Å². The van der Waals surface area contributed by atoms with Gasteiger partial charge < -0.3 is 11.5 Å². The van der Waals surface area contributed by atoms with Crippen LogP contribution >= 0.6 is 0 Å². The van der Waals surface area contributed by atoms with Crippen molar-refractivity contribution in [2.24, 2.45) is 0 Å². The zero-order valence-corrected chi connectivity index (χ0v) is 22.5. The van der Waals surface area contributed by atoms with Gasteiger partial charge in [-0.3, -0.25) is 0 Å². The van der Waals surface area contributed by atoms with E-state index in [4.69, 9.17) is 11.5 Å². The second-order valence-corrected chi connectivity index (χ2v) is 10.4. The van der Waals surface area contributed by atoms with Gasteiger partial charge in [0.05, 0.1) is 0 Å². The fourth-order valence-electron chi connectivity index (χ4n) is 5.42. The number of benzene rings is 4. The second-order valence-electron chi connectivity index (χ2n) is 10.4. The van der Waals surface area contributed by atoms with E-state index in [-0.39, 0.29) is 0 Å². The topological polar surface area (TPSA) is 52.0 Å². The first kappa shape index (κ1) is 26.5. The second kappa shape index (κ2) is 13.1. The first-order valence-corrected chi connectivity index (χ1v) is 14.0. The molecular formula is C35H42N2. The van der Waals surface area contributed by atoms with Crippen LogP contribution in [0.5, 0.6) is 0 Å². The molecule has 0 radical (unpaired) electrons. The lowest BCUT2D eigenvalue weighted by atomic mass is 9.86. The van der Waals surface area contributed by atoms with Gasteiger partial charge in [0.15, 0.2) is 0 Å². The third-order valence-corrected chi connectivity index (χ3v) is 7.53. The Bertz CT molecular complexity index is 1110. The molecule has 2 nitrogen and oxygen atoms in total. The predicted octanol–water partition coefficient (Wildman–Crippen LogP) is 8.89. The first-order valence-electron chi connectivity index (χ1n) is 14.0. The Hall–Kier alpha value is -3.52. The van der Waals surface area contributed by atoms with Crippen LogP contribution in [0.2, 0.25) is 0 Å². The van der Waals surface area contributed by atoms with E-state index in [1.807, 2.05) is 24.3 Å². The van der Waals surface area contributed by atoms with E-state index >= 15 is 0 Å². The van der Waals surface area contributed by atoms with Gasteiger partial charge in [-0.1, -0.05) is 99.5 Å². The SMILES string of the molecule is CCCC(c1ccc(N)cc1)c1ccc(CCCc2ccc(C(CCC)c3ccc(N)cc3)cc2)cc1. The summed E-state index contributed by atoms with van der Waals surface area (Å²) < 4.78 is 0. The minimum atomic E-state index is 0.433. The summed E-state index contributed by atoms with van der Waals surface area (Å²) in [5.41, 5.74) is 21.8. The van der Waals surface area contributed by atoms with Crippen LogP contribution in [-0.4, -0.2) is 0 Å². The summed E-state index contributed by atoms with van der Waals surface area (Å²) in [6.45, 7) is 4.51. The summed E-state index contributed by atoms with van der Waals surface area (Å²) >= 11 is 0. The molecule has 4 aromatic carbocycles. The molecule has 0 aromatic heterocycles. The summed E-state index contributed by atoms with van der Waals surface area (Å²) in [7, 11) is 0.